The summed E-state index contributed by atoms with van der Waals surface area (Å²) in [6.07, 6.45) is 0. The van der Waals surface area contributed by atoms with E-state index < -0.39 is 0 Å². The Labute approximate surface area is 201 Å². The topological polar surface area (TPSA) is 76.5 Å². The Morgan fingerprint density at radius 3 is 2.59 bits per heavy atom. The van der Waals surface area contributed by atoms with E-state index in [4.69, 9.17) is 16.3 Å². The summed E-state index contributed by atoms with van der Waals surface area (Å²) in [4.78, 5) is 26.0. The molecule has 4 aromatic rings. The number of hydrogen-bond acceptors (Lipinski definition) is 4. The number of carbonyl (C=O) groups excluding carboxylic acids is 2. The van der Waals surface area contributed by atoms with Crippen LogP contribution in [0.3, 0.4) is 0 Å². The van der Waals surface area contributed by atoms with Crippen LogP contribution in [-0.2, 0) is 11.4 Å². The zero-order valence-corrected chi connectivity index (χ0v) is 18.9. The summed E-state index contributed by atoms with van der Waals surface area (Å²) in [5.74, 6) is 0.186. The Morgan fingerprint density at radius 2 is 1.82 bits per heavy atom. The molecule has 0 aliphatic carbocycles. The van der Waals surface area contributed by atoms with Crippen molar-refractivity contribution in [2.75, 3.05) is 13.2 Å². The van der Waals surface area contributed by atoms with Crippen LogP contribution >= 0.6 is 11.6 Å². The third-order valence-electron chi connectivity index (χ3n) is 5.45. The smallest absolute Gasteiger partial charge is 0.276 e. The summed E-state index contributed by atoms with van der Waals surface area (Å²) in [5.41, 5.74) is 3.55. The van der Waals surface area contributed by atoms with E-state index in [1.165, 1.54) is 4.90 Å². The lowest BCUT2D eigenvalue weighted by atomic mass is 10.1. The van der Waals surface area contributed by atoms with Crippen molar-refractivity contribution >= 4 is 23.4 Å². The molecule has 5 rings (SSSR count). The molecule has 0 unspecified atom stereocenters. The number of amides is 2. The van der Waals surface area contributed by atoms with Gasteiger partial charge in [0.15, 0.2) is 5.69 Å². The van der Waals surface area contributed by atoms with Crippen LogP contribution in [0, 0.1) is 0 Å². The molecule has 7 nitrogen and oxygen atoms in total. The number of halogens is 1. The largest absolute Gasteiger partial charge is 0.489 e. The maximum absolute atomic E-state index is 13.0. The maximum atomic E-state index is 13.0. The minimum absolute atomic E-state index is 0.0149. The number of ether oxygens (including phenoxy) is 1. The van der Waals surface area contributed by atoms with Gasteiger partial charge in [-0.25, -0.2) is 4.68 Å². The van der Waals surface area contributed by atoms with E-state index in [0.717, 1.165) is 11.1 Å². The second-order valence-corrected chi connectivity index (χ2v) is 8.31. The molecule has 0 bridgehead atoms. The molecule has 1 N–H and O–H groups in total. The molecule has 1 aromatic heterocycles. The lowest BCUT2D eigenvalue weighted by Crippen LogP contribution is -2.30. The minimum Gasteiger partial charge on any atom is -0.489 e. The molecule has 2 amide bonds. The number of rotatable bonds is 6. The molecule has 1 aliphatic heterocycles. The minimum atomic E-state index is -0.322. The van der Waals surface area contributed by atoms with Crippen molar-refractivity contribution in [2.24, 2.45) is 0 Å². The highest BCUT2D eigenvalue weighted by molar-refractivity contribution is 6.30. The van der Waals surface area contributed by atoms with E-state index >= 15 is 0 Å². The van der Waals surface area contributed by atoms with Crippen LogP contribution in [0.5, 0.6) is 5.75 Å². The molecule has 0 atom stereocenters. The summed E-state index contributed by atoms with van der Waals surface area (Å²) >= 11 is 6.22. The van der Waals surface area contributed by atoms with Crippen molar-refractivity contribution in [2.45, 2.75) is 6.61 Å². The molecule has 170 valence electrons. The fraction of sp³-hybridized carbons (Fsp3) is 0.115. The average Bonchev–Trinajstić information content (AvgIpc) is 3.50. The molecular weight excluding hydrogens is 452 g/mol. The predicted molar refractivity (Wildman–Crippen MR) is 129 cm³/mol. The van der Waals surface area contributed by atoms with Crippen molar-refractivity contribution in [3.63, 3.8) is 0 Å². The van der Waals surface area contributed by atoms with Gasteiger partial charge < -0.3 is 15.0 Å². The predicted octanol–water partition coefficient (Wildman–Crippen LogP) is 4.30. The molecule has 8 heteroatoms. The fourth-order valence-electron chi connectivity index (χ4n) is 3.76. The highest BCUT2D eigenvalue weighted by atomic mass is 35.5. The van der Waals surface area contributed by atoms with Crippen molar-refractivity contribution in [3.05, 3.63) is 101 Å². The number of carbonyl (C=O) groups is 2. The number of nitrogens with zero attached hydrogens (tertiary/aromatic N) is 3. The summed E-state index contributed by atoms with van der Waals surface area (Å²) in [7, 11) is 0. The van der Waals surface area contributed by atoms with Gasteiger partial charge >= 0.3 is 0 Å². The maximum Gasteiger partial charge on any atom is 0.276 e. The molecule has 1 fully saturated rings. The van der Waals surface area contributed by atoms with Gasteiger partial charge in [0.1, 0.15) is 18.9 Å². The number of hydrogen-bond donors (Lipinski definition) is 1. The van der Waals surface area contributed by atoms with Gasteiger partial charge in [0.25, 0.3) is 5.91 Å². The Kier molecular flexibility index (Phi) is 6.01. The Hall–Kier alpha value is -4.10. The molecule has 34 heavy (non-hydrogen) atoms. The van der Waals surface area contributed by atoms with Crippen LogP contribution in [0.4, 0.5) is 0 Å². The molecule has 2 heterocycles. The van der Waals surface area contributed by atoms with Gasteiger partial charge in [-0.3, -0.25) is 9.59 Å². The van der Waals surface area contributed by atoms with E-state index in [9.17, 15) is 9.59 Å². The first-order valence-electron chi connectivity index (χ1n) is 10.8. The van der Waals surface area contributed by atoms with Gasteiger partial charge in [0, 0.05) is 10.6 Å². The fourth-order valence-corrected chi connectivity index (χ4v) is 3.94. The highest BCUT2D eigenvalue weighted by Gasteiger charge is 2.27. The zero-order valence-electron chi connectivity index (χ0n) is 18.1. The van der Waals surface area contributed by atoms with E-state index in [2.05, 4.69) is 10.4 Å². The van der Waals surface area contributed by atoms with Gasteiger partial charge in [-0.1, -0.05) is 60.1 Å². The van der Waals surface area contributed by atoms with Gasteiger partial charge in [0.05, 0.1) is 18.1 Å². The zero-order chi connectivity index (χ0) is 23.5. The van der Waals surface area contributed by atoms with E-state index in [1.807, 2.05) is 66.7 Å². The van der Waals surface area contributed by atoms with Gasteiger partial charge in [-0.05, 0) is 42.0 Å². The Morgan fingerprint density at radius 1 is 1.00 bits per heavy atom. The summed E-state index contributed by atoms with van der Waals surface area (Å²) in [6.45, 7) is 0.623. The van der Waals surface area contributed by atoms with Crippen LogP contribution in [-0.4, -0.2) is 39.7 Å². The van der Waals surface area contributed by atoms with Gasteiger partial charge in [-0.15, -0.1) is 0 Å². The quantitative estimate of drug-likeness (QED) is 0.454. The molecule has 1 saturated heterocycles. The summed E-state index contributed by atoms with van der Waals surface area (Å²) in [5, 5.41) is 7.78. The second kappa shape index (κ2) is 9.41. The summed E-state index contributed by atoms with van der Waals surface area (Å²) < 4.78 is 7.68. The second-order valence-electron chi connectivity index (χ2n) is 7.87. The highest BCUT2D eigenvalue weighted by Crippen LogP contribution is 2.29. The van der Waals surface area contributed by atoms with Crippen LogP contribution in [0.25, 0.3) is 16.9 Å². The monoisotopic (exact) mass is 472 g/mol. The first-order valence-corrected chi connectivity index (χ1v) is 11.1. The van der Waals surface area contributed by atoms with Crippen molar-refractivity contribution in [3.8, 4) is 22.7 Å². The van der Waals surface area contributed by atoms with Gasteiger partial charge in [-0.2, -0.15) is 5.10 Å². The van der Waals surface area contributed by atoms with Crippen LogP contribution in [0.1, 0.15) is 16.1 Å². The Bertz CT molecular complexity index is 1350. The molecule has 3 aromatic carbocycles. The van der Waals surface area contributed by atoms with E-state index in [-0.39, 0.29) is 30.7 Å². The lowest BCUT2D eigenvalue weighted by Gasteiger charge is -2.11. The first-order chi connectivity index (χ1) is 16.6. The molecular formula is C26H21ClN4O3. The third kappa shape index (κ3) is 4.65. The molecule has 1 aliphatic rings. The number of nitrogens with one attached hydrogen (secondary N) is 1. The van der Waals surface area contributed by atoms with Crippen LogP contribution in [0.15, 0.2) is 84.9 Å². The summed E-state index contributed by atoms with van der Waals surface area (Å²) in [6, 6.07) is 26.5. The standard InChI is InChI=1S/C26H21ClN4O3/c27-20-9-5-10-21(13-20)31-24(14-23(29-31)26(33)30-15-25(32)28-17-30)19-8-4-11-22(12-19)34-16-18-6-2-1-3-7-18/h1-14H,15-17H2,(H,28,32). The Balaban J connectivity index is 1.50. The normalized spacial score (nSPS) is 13.1. The SMILES string of the molecule is O=C1CN(C(=O)c2cc(-c3cccc(OCc4ccccc4)c3)n(-c3cccc(Cl)c3)n2)CN1. The molecule has 0 saturated carbocycles. The van der Waals surface area contributed by atoms with Crippen molar-refractivity contribution in [1.29, 1.82) is 0 Å². The van der Waals surface area contributed by atoms with Crippen molar-refractivity contribution in [1.82, 2.24) is 20.0 Å². The molecule has 0 spiro atoms. The number of benzene rings is 3. The number of aromatic nitrogens is 2. The molecule has 0 radical (unpaired) electrons. The average molecular weight is 473 g/mol. The van der Waals surface area contributed by atoms with E-state index in [0.29, 0.717) is 28.8 Å². The third-order valence-corrected chi connectivity index (χ3v) is 5.68. The van der Waals surface area contributed by atoms with Crippen LogP contribution < -0.4 is 10.1 Å². The van der Waals surface area contributed by atoms with E-state index in [1.54, 1.807) is 22.9 Å². The van der Waals surface area contributed by atoms with Crippen LogP contribution in [0.2, 0.25) is 5.02 Å². The van der Waals surface area contributed by atoms with Crippen molar-refractivity contribution < 1.29 is 14.3 Å². The van der Waals surface area contributed by atoms with Gasteiger partial charge in [0.2, 0.25) is 5.91 Å². The first kappa shape index (κ1) is 21.7. The lowest BCUT2D eigenvalue weighted by molar-refractivity contribution is -0.118.